The molecule has 0 aromatic carbocycles. The van der Waals surface area contributed by atoms with Gasteiger partial charge in [0.1, 0.15) is 0 Å². The number of aliphatic carboxylic acids is 1. The van der Waals surface area contributed by atoms with Crippen LogP contribution in [0.4, 0.5) is 0 Å². The number of rotatable bonds is 2. The van der Waals surface area contributed by atoms with Gasteiger partial charge in [0.15, 0.2) is 0 Å². The average Bonchev–Trinajstić information content (AvgIpc) is 2.04. The third-order valence-corrected chi connectivity index (χ3v) is 2.40. The van der Waals surface area contributed by atoms with Crippen molar-refractivity contribution in [1.29, 1.82) is 0 Å². The summed E-state index contributed by atoms with van der Waals surface area (Å²) >= 11 is 0. The van der Waals surface area contributed by atoms with E-state index in [-0.39, 0.29) is 5.92 Å². The van der Waals surface area contributed by atoms with Crippen LogP contribution in [0, 0.1) is 5.92 Å². The highest BCUT2D eigenvalue weighted by Gasteiger charge is 2.22. The number of carboxylic acid groups (broad SMARTS) is 1. The molecule has 0 fully saturated rings. The van der Waals surface area contributed by atoms with Gasteiger partial charge in [-0.2, -0.15) is 0 Å². The molecular formula is C10H15NO2. The molecule has 3 nitrogen and oxygen atoms in total. The number of carboxylic acids is 1. The van der Waals surface area contributed by atoms with E-state index in [1.165, 1.54) is 0 Å². The molecule has 0 aliphatic carbocycles. The SMILES string of the molecule is CCN1C=CC(C)C(C(=O)O)=C1C. The second-order valence-electron chi connectivity index (χ2n) is 3.22. The lowest BCUT2D eigenvalue weighted by atomic mass is 9.96. The van der Waals surface area contributed by atoms with Crippen molar-refractivity contribution >= 4 is 5.97 Å². The van der Waals surface area contributed by atoms with Crippen LogP contribution in [0.5, 0.6) is 0 Å². The summed E-state index contributed by atoms with van der Waals surface area (Å²) in [6, 6.07) is 0. The number of hydrogen-bond acceptors (Lipinski definition) is 2. The van der Waals surface area contributed by atoms with Crippen molar-refractivity contribution in [2.75, 3.05) is 6.54 Å². The van der Waals surface area contributed by atoms with Crippen LogP contribution in [0.15, 0.2) is 23.5 Å². The van der Waals surface area contributed by atoms with E-state index >= 15 is 0 Å². The predicted octanol–water partition coefficient (Wildman–Crippen LogP) is 1.83. The molecule has 0 amide bonds. The quantitative estimate of drug-likeness (QED) is 0.706. The zero-order valence-electron chi connectivity index (χ0n) is 8.24. The van der Waals surface area contributed by atoms with Crippen molar-refractivity contribution in [1.82, 2.24) is 4.90 Å². The fraction of sp³-hybridized carbons (Fsp3) is 0.500. The Hall–Kier alpha value is -1.25. The van der Waals surface area contributed by atoms with E-state index in [4.69, 9.17) is 5.11 Å². The minimum atomic E-state index is -0.812. The minimum absolute atomic E-state index is 0.0142. The van der Waals surface area contributed by atoms with E-state index in [0.29, 0.717) is 5.57 Å². The van der Waals surface area contributed by atoms with Crippen LogP contribution < -0.4 is 0 Å². The molecule has 1 unspecified atom stereocenters. The summed E-state index contributed by atoms with van der Waals surface area (Å²) in [5, 5.41) is 8.97. The van der Waals surface area contributed by atoms with Gasteiger partial charge in [-0.15, -0.1) is 0 Å². The summed E-state index contributed by atoms with van der Waals surface area (Å²) in [5.74, 6) is -0.798. The first kappa shape index (κ1) is 9.84. The predicted molar refractivity (Wildman–Crippen MR) is 51.0 cm³/mol. The fourth-order valence-corrected chi connectivity index (χ4v) is 1.62. The molecule has 0 aromatic heterocycles. The Morgan fingerprint density at radius 2 is 2.31 bits per heavy atom. The Labute approximate surface area is 78.4 Å². The number of allylic oxidation sites excluding steroid dienone is 2. The van der Waals surface area contributed by atoms with E-state index in [1.54, 1.807) is 0 Å². The summed E-state index contributed by atoms with van der Waals surface area (Å²) in [6.07, 6.45) is 3.87. The molecule has 1 N–H and O–H groups in total. The maximum Gasteiger partial charge on any atom is 0.333 e. The second-order valence-corrected chi connectivity index (χ2v) is 3.22. The maximum atomic E-state index is 10.9. The van der Waals surface area contributed by atoms with Gasteiger partial charge in [0, 0.05) is 24.4 Å². The lowest BCUT2D eigenvalue weighted by molar-refractivity contribution is -0.133. The van der Waals surface area contributed by atoms with Gasteiger partial charge in [-0.25, -0.2) is 4.79 Å². The van der Waals surface area contributed by atoms with Crippen molar-refractivity contribution in [3.8, 4) is 0 Å². The molecular weight excluding hydrogens is 166 g/mol. The number of nitrogens with zero attached hydrogens (tertiary/aromatic N) is 1. The Morgan fingerprint density at radius 1 is 1.69 bits per heavy atom. The highest BCUT2D eigenvalue weighted by Crippen LogP contribution is 2.24. The zero-order valence-corrected chi connectivity index (χ0v) is 8.24. The molecule has 0 spiro atoms. The van der Waals surface area contributed by atoms with Crippen LogP contribution >= 0.6 is 0 Å². The highest BCUT2D eigenvalue weighted by atomic mass is 16.4. The fourth-order valence-electron chi connectivity index (χ4n) is 1.62. The summed E-state index contributed by atoms with van der Waals surface area (Å²) in [7, 11) is 0. The Bertz CT molecular complexity index is 279. The van der Waals surface area contributed by atoms with Crippen molar-refractivity contribution in [3.05, 3.63) is 23.5 Å². The molecule has 1 heterocycles. The monoisotopic (exact) mass is 181 g/mol. The first-order chi connectivity index (χ1) is 6.07. The molecule has 0 aromatic rings. The van der Waals surface area contributed by atoms with E-state index < -0.39 is 5.97 Å². The Kier molecular flexibility index (Phi) is 2.76. The first-order valence-corrected chi connectivity index (χ1v) is 4.47. The summed E-state index contributed by atoms with van der Waals surface area (Å²) < 4.78 is 0. The molecule has 1 rings (SSSR count). The highest BCUT2D eigenvalue weighted by molar-refractivity contribution is 5.88. The summed E-state index contributed by atoms with van der Waals surface area (Å²) in [5.41, 5.74) is 1.36. The molecule has 0 saturated carbocycles. The van der Waals surface area contributed by atoms with Gasteiger partial charge in [0.2, 0.25) is 0 Å². The van der Waals surface area contributed by atoms with Gasteiger partial charge in [-0.1, -0.05) is 13.0 Å². The van der Waals surface area contributed by atoms with Crippen LogP contribution in [-0.4, -0.2) is 22.5 Å². The summed E-state index contributed by atoms with van der Waals surface area (Å²) in [4.78, 5) is 12.9. The van der Waals surface area contributed by atoms with Crippen molar-refractivity contribution in [2.45, 2.75) is 20.8 Å². The van der Waals surface area contributed by atoms with Crippen molar-refractivity contribution in [3.63, 3.8) is 0 Å². The van der Waals surface area contributed by atoms with Gasteiger partial charge in [-0.3, -0.25) is 0 Å². The third-order valence-electron chi connectivity index (χ3n) is 2.40. The average molecular weight is 181 g/mol. The van der Waals surface area contributed by atoms with E-state index in [2.05, 4.69) is 0 Å². The Morgan fingerprint density at radius 3 is 2.77 bits per heavy atom. The molecule has 0 saturated heterocycles. The van der Waals surface area contributed by atoms with Crippen LogP contribution in [0.1, 0.15) is 20.8 Å². The maximum absolute atomic E-state index is 10.9. The van der Waals surface area contributed by atoms with Gasteiger partial charge in [0.25, 0.3) is 0 Å². The van der Waals surface area contributed by atoms with Crippen LogP contribution in [0.25, 0.3) is 0 Å². The van der Waals surface area contributed by atoms with Crippen LogP contribution in [0.3, 0.4) is 0 Å². The molecule has 3 heteroatoms. The third kappa shape index (κ3) is 1.74. The first-order valence-electron chi connectivity index (χ1n) is 4.47. The van der Waals surface area contributed by atoms with Crippen molar-refractivity contribution < 1.29 is 9.90 Å². The minimum Gasteiger partial charge on any atom is -0.478 e. The lowest BCUT2D eigenvalue weighted by Gasteiger charge is -2.27. The van der Waals surface area contributed by atoms with Gasteiger partial charge < -0.3 is 10.0 Å². The zero-order chi connectivity index (χ0) is 10.0. The molecule has 0 bridgehead atoms. The van der Waals surface area contributed by atoms with E-state index in [0.717, 1.165) is 12.2 Å². The molecule has 0 radical (unpaired) electrons. The van der Waals surface area contributed by atoms with Crippen molar-refractivity contribution in [2.24, 2.45) is 5.92 Å². The van der Waals surface area contributed by atoms with E-state index in [1.807, 2.05) is 37.9 Å². The van der Waals surface area contributed by atoms with Gasteiger partial charge in [0.05, 0.1) is 5.57 Å². The molecule has 1 aliphatic rings. The van der Waals surface area contributed by atoms with Gasteiger partial charge in [-0.05, 0) is 13.8 Å². The molecule has 13 heavy (non-hydrogen) atoms. The summed E-state index contributed by atoms with van der Waals surface area (Å²) in [6.45, 7) is 6.57. The van der Waals surface area contributed by atoms with Crippen LogP contribution in [0.2, 0.25) is 0 Å². The van der Waals surface area contributed by atoms with Gasteiger partial charge >= 0.3 is 5.97 Å². The molecule has 1 aliphatic heterocycles. The smallest absolute Gasteiger partial charge is 0.333 e. The Balaban J connectivity index is 3.04. The number of carbonyl (C=O) groups is 1. The normalized spacial score (nSPS) is 22.4. The lowest BCUT2D eigenvalue weighted by Crippen LogP contribution is -2.25. The van der Waals surface area contributed by atoms with Crippen LogP contribution in [-0.2, 0) is 4.79 Å². The second kappa shape index (κ2) is 3.64. The largest absolute Gasteiger partial charge is 0.478 e. The topological polar surface area (TPSA) is 40.5 Å². The molecule has 72 valence electrons. The molecule has 1 atom stereocenters. The number of hydrogen-bond donors (Lipinski definition) is 1. The van der Waals surface area contributed by atoms with E-state index in [9.17, 15) is 4.79 Å². The standard InChI is InChI=1S/C10H15NO2/c1-4-11-6-5-7(2)9(8(11)3)10(12)13/h5-7H,4H2,1-3H3,(H,12,13).